The highest BCUT2D eigenvalue weighted by Crippen LogP contribution is 2.22. The SMILES string of the molecule is COc1ccccc1CNC(=O)c1cc2cccc(Cl)c2oc1=O. The summed E-state index contributed by atoms with van der Waals surface area (Å²) in [5, 5.41) is 3.61. The second-order valence-corrected chi connectivity index (χ2v) is 5.51. The zero-order chi connectivity index (χ0) is 17.1. The maximum Gasteiger partial charge on any atom is 0.349 e. The molecule has 3 rings (SSSR count). The van der Waals surface area contributed by atoms with Crippen LogP contribution in [-0.2, 0) is 6.54 Å². The molecule has 0 saturated heterocycles. The summed E-state index contributed by atoms with van der Waals surface area (Å²) in [6, 6.07) is 13.9. The lowest BCUT2D eigenvalue weighted by Crippen LogP contribution is -2.28. The summed E-state index contributed by atoms with van der Waals surface area (Å²) < 4.78 is 10.4. The zero-order valence-electron chi connectivity index (χ0n) is 12.8. The van der Waals surface area contributed by atoms with Gasteiger partial charge >= 0.3 is 5.63 Å². The summed E-state index contributed by atoms with van der Waals surface area (Å²) in [6.45, 7) is 0.232. The molecule has 0 fully saturated rings. The standard InChI is InChI=1S/C18H14ClNO4/c1-23-15-8-3-2-5-12(15)10-20-17(21)13-9-11-6-4-7-14(19)16(11)24-18(13)22/h2-9H,10H2,1H3,(H,20,21). The van der Waals surface area contributed by atoms with Crippen molar-refractivity contribution in [1.29, 1.82) is 0 Å². The third-order valence-electron chi connectivity index (χ3n) is 3.59. The van der Waals surface area contributed by atoms with Gasteiger partial charge in [-0.1, -0.05) is 41.9 Å². The minimum atomic E-state index is -0.729. The lowest BCUT2D eigenvalue weighted by molar-refractivity contribution is 0.0947. The molecule has 24 heavy (non-hydrogen) atoms. The van der Waals surface area contributed by atoms with Gasteiger partial charge in [-0.05, 0) is 18.2 Å². The Morgan fingerprint density at radius 3 is 2.79 bits per heavy atom. The van der Waals surface area contributed by atoms with Gasteiger partial charge in [0.15, 0.2) is 5.58 Å². The quantitative estimate of drug-likeness (QED) is 0.737. The summed E-state index contributed by atoms with van der Waals surface area (Å²) in [6.07, 6.45) is 0. The highest BCUT2D eigenvalue weighted by molar-refractivity contribution is 6.34. The molecular weight excluding hydrogens is 330 g/mol. The van der Waals surface area contributed by atoms with Crippen molar-refractivity contribution in [2.75, 3.05) is 7.11 Å². The molecule has 0 radical (unpaired) electrons. The summed E-state index contributed by atoms with van der Waals surface area (Å²) in [5.41, 5.74) is 0.278. The van der Waals surface area contributed by atoms with Crippen molar-refractivity contribution >= 4 is 28.5 Å². The van der Waals surface area contributed by atoms with Gasteiger partial charge in [0.05, 0.1) is 12.1 Å². The van der Waals surface area contributed by atoms with Crippen LogP contribution in [0.25, 0.3) is 11.0 Å². The van der Waals surface area contributed by atoms with Crippen molar-refractivity contribution in [3.05, 3.63) is 75.1 Å². The number of halogens is 1. The average molecular weight is 344 g/mol. The van der Waals surface area contributed by atoms with E-state index in [1.165, 1.54) is 6.07 Å². The molecule has 0 spiro atoms. The number of para-hydroxylation sites is 2. The van der Waals surface area contributed by atoms with Gasteiger partial charge in [-0.25, -0.2) is 4.79 Å². The number of fused-ring (bicyclic) bond motifs is 1. The van der Waals surface area contributed by atoms with Crippen molar-refractivity contribution in [2.24, 2.45) is 0 Å². The van der Waals surface area contributed by atoms with E-state index >= 15 is 0 Å². The van der Waals surface area contributed by atoms with Gasteiger partial charge in [0, 0.05) is 17.5 Å². The molecule has 0 aliphatic rings. The van der Waals surface area contributed by atoms with Crippen LogP contribution in [0.5, 0.6) is 5.75 Å². The summed E-state index contributed by atoms with van der Waals surface area (Å²) in [7, 11) is 1.56. The Morgan fingerprint density at radius 2 is 2.00 bits per heavy atom. The molecule has 0 aliphatic heterocycles. The molecule has 1 aromatic heterocycles. The second kappa shape index (κ2) is 6.76. The highest BCUT2D eigenvalue weighted by atomic mass is 35.5. The van der Waals surface area contributed by atoms with Crippen LogP contribution in [0.1, 0.15) is 15.9 Å². The molecule has 0 saturated carbocycles. The zero-order valence-corrected chi connectivity index (χ0v) is 13.6. The lowest BCUT2D eigenvalue weighted by atomic mass is 10.1. The van der Waals surface area contributed by atoms with Crippen molar-refractivity contribution in [3.63, 3.8) is 0 Å². The van der Waals surface area contributed by atoms with E-state index in [1.807, 2.05) is 18.2 Å². The van der Waals surface area contributed by atoms with Crippen LogP contribution in [0.15, 0.2) is 57.7 Å². The van der Waals surface area contributed by atoms with Gasteiger partial charge in [0.2, 0.25) is 0 Å². The van der Waals surface area contributed by atoms with Crippen LogP contribution in [-0.4, -0.2) is 13.0 Å². The fraction of sp³-hybridized carbons (Fsp3) is 0.111. The third-order valence-corrected chi connectivity index (χ3v) is 3.89. The van der Waals surface area contributed by atoms with E-state index in [-0.39, 0.29) is 17.7 Å². The number of carbonyl (C=O) groups is 1. The maximum atomic E-state index is 12.3. The summed E-state index contributed by atoms with van der Waals surface area (Å²) >= 11 is 5.99. The molecule has 1 heterocycles. The molecule has 0 aliphatic carbocycles. The van der Waals surface area contributed by atoms with Crippen LogP contribution in [0.4, 0.5) is 0 Å². The monoisotopic (exact) mass is 343 g/mol. The van der Waals surface area contributed by atoms with Gasteiger partial charge in [-0.15, -0.1) is 0 Å². The van der Waals surface area contributed by atoms with Crippen molar-refractivity contribution in [1.82, 2.24) is 5.32 Å². The molecule has 5 nitrogen and oxygen atoms in total. The van der Waals surface area contributed by atoms with Crippen LogP contribution in [0.2, 0.25) is 5.02 Å². The second-order valence-electron chi connectivity index (χ2n) is 5.10. The number of rotatable bonds is 4. The van der Waals surface area contributed by atoms with Crippen molar-refractivity contribution in [2.45, 2.75) is 6.54 Å². The Kier molecular flexibility index (Phi) is 4.53. The van der Waals surface area contributed by atoms with E-state index < -0.39 is 11.5 Å². The highest BCUT2D eigenvalue weighted by Gasteiger charge is 2.15. The third kappa shape index (κ3) is 3.12. The number of benzene rings is 2. The Balaban J connectivity index is 1.86. The van der Waals surface area contributed by atoms with Crippen LogP contribution in [0, 0.1) is 0 Å². The smallest absolute Gasteiger partial charge is 0.349 e. The van der Waals surface area contributed by atoms with Gasteiger partial charge in [0.1, 0.15) is 11.3 Å². The first-order valence-electron chi connectivity index (χ1n) is 7.22. The van der Waals surface area contributed by atoms with E-state index in [9.17, 15) is 9.59 Å². The Bertz CT molecular complexity index is 965. The first-order chi connectivity index (χ1) is 11.6. The molecule has 0 atom stereocenters. The molecule has 2 aromatic carbocycles. The number of hydrogen-bond acceptors (Lipinski definition) is 4. The van der Waals surface area contributed by atoms with Crippen LogP contribution < -0.4 is 15.7 Å². The van der Waals surface area contributed by atoms with E-state index in [1.54, 1.807) is 31.4 Å². The molecule has 1 N–H and O–H groups in total. The number of amides is 1. The molecule has 1 amide bonds. The normalized spacial score (nSPS) is 10.6. The number of ether oxygens (including phenoxy) is 1. The summed E-state index contributed by atoms with van der Waals surface area (Å²) in [4.78, 5) is 24.4. The number of nitrogens with one attached hydrogen (secondary N) is 1. The molecule has 0 bridgehead atoms. The average Bonchev–Trinajstić information content (AvgIpc) is 2.60. The van der Waals surface area contributed by atoms with Crippen LogP contribution >= 0.6 is 11.6 Å². The topological polar surface area (TPSA) is 68.5 Å². The lowest BCUT2D eigenvalue weighted by Gasteiger charge is -2.09. The van der Waals surface area contributed by atoms with Gasteiger partial charge in [0.25, 0.3) is 5.91 Å². The number of carbonyl (C=O) groups excluding carboxylic acids is 1. The molecule has 3 aromatic rings. The first-order valence-corrected chi connectivity index (χ1v) is 7.60. The van der Waals surface area contributed by atoms with Crippen LogP contribution in [0.3, 0.4) is 0 Å². The van der Waals surface area contributed by atoms with Gasteiger partial charge in [-0.3, -0.25) is 4.79 Å². The van der Waals surface area contributed by atoms with Gasteiger partial charge < -0.3 is 14.5 Å². The first kappa shape index (κ1) is 16.1. The number of methoxy groups -OCH3 is 1. The largest absolute Gasteiger partial charge is 0.496 e. The number of hydrogen-bond donors (Lipinski definition) is 1. The van der Waals surface area contributed by atoms with E-state index in [0.29, 0.717) is 16.2 Å². The fourth-order valence-corrected chi connectivity index (χ4v) is 2.61. The molecular formula is C18H14ClNO4. The minimum Gasteiger partial charge on any atom is -0.496 e. The Labute approximate surface area is 142 Å². The van der Waals surface area contributed by atoms with Gasteiger partial charge in [-0.2, -0.15) is 0 Å². The predicted molar refractivity (Wildman–Crippen MR) is 91.7 cm³/mol. The predicted octanol–water partition coefficient (Wildman–Crippen LogP) is 3.39. The molecule has 122 valence electrons. The minimum absolute atomic E-state index is 0.0698. The summed E-state index contributed by atoms with van der Waals surface area (Å²) in [5.74, 6) is 0.145. The van der Waals surface area contributed by atoms with E-state index in [2.05, 4.69) is 5.32 Å². The Hall–Kier alpha value is -2.79. The Morgan fingerprint density at radius 1 is 1.21 bits per heavy atom. The molecule has 6 heteroatoms. The van der Waals surface area contributed by atoms with E-state index in [4.69, 9.17) is 20.8 Å². The van der Waals surface area contributed by atoms with E-state index in [0.717, 1.165) is 5.56 Å². The van der Waals surface area contributed by atoms with Crippen molar-refractivity contribution < 1.29 is 13.9 Å². The maximum absolute atomic E-state index is 12.3. The van der Waals surface area contributed by atoms with Crippen molar-refractivity contribution in [3.8, 4) is 5.75 Å². The molecule has 0 unspecified atom stereocenters. The fourth-order valence-electron chi connectivity index (χ4n) is 2.39.